The SMILES string of the molecule is CC1(c2cccc(-c3ccc4ccccc4c3)c2)CCC(=O)CC1. The average Bonchev–Trinajstić information content (AvgIpc) is 2.64. The van der Waals surface area contributed by atoms with E-state index in [-0.39, 0.29) is 5.41 Å². The molecule has 1 aliphatic carbocycles. The summed E-state index contributed by atoms with van der Waals surface area (Å²) in [7, 11) is 0. The van der Waals surface area contributed by atoms with Crippen molar-refractivity contribution in [2.24, 2.45) is 0 Å². The molecule has 120 valence electrons. The molecule has 1 saturated carbocycles. The minimum absolute atomic E-state index is 0.126. The number of Topliss-reactive ketones (excluding diaryl/α,β-unsaturated/α-hetero) is 1. The molecule has 0 heterocycles. The van der Waals surface area contributed by atoms with Gasteiger partial charge in [0.25, 0.3) is 0 Å². The van der Waals surface area contributed by atoms with Crippen LogP contribution in [0.5, 0.6) is 0 Å². The summed E-state index contributed by atoms with van der Waals surface area (Å²) in [6, 6.07) is 24.0. The number of ketones is 1. The third-order valence-corrected chi connectivity index (χ3v) is 5.55. The van der Waals surface area contributed by atoms with Crippen molar-refractivity contribution in [3.8, 4) is 11.1 Å². The van der Waals surface area contributed by atoms with Crippen molar-refractivity contribution in [1.82, 2.24) is 0 Å². The fourth-order valence-electron chi connectivity index (χ4n) is 3.81. The number of carbonyl (C=O) groups excluding carboxylic acids is 1. The Hall–Kier alpha value is -2.41. The van der Waals surface area contributed by atoms with Crippen LogP contribution in [0.15, 0.2) is 66.7 Å². The van der Waals surface area contributed by atoms with Gasteiger partial charge in [-0.1, -0.05) is 67.6 Å². The number of hydrogen-bond donors (Lipinski definition) is 0. The molecule has 0 spiro atoms. The Labute approximate surface area is 143 Å². The summed E-state index contributed by atoms with van der Waals surface area (Å²) >= 11 is 0. The first-order valence-corrected chi connectivity index (χ1v) is 8.76. The molecule has 4 rings (SSSR count). The van der Waals surface area contributed by atoms with Crippen LogP contribution in [0, 0.1) is 0 Å². The van der Waals surface area contributed by atoms with Crippen LogP contribution in [-0.2, 0) is 10.2 Å². The number of fused-ring (bicyclic) bond motifs is 1. The quantitative estimate of drug-likeness (QED) is 0.575. The van der Waals surface area contributed by atoms with Gasteiger partial charge in [-0.25, -0.2) is 0 Å². The average molecular weight is 314 g/mol. The summed E-state index contributed by atoms with van der Waals surface area (Å²) in [4.78, 5) is 11.6. The second-order valence-corrected chi connectivity index (χ2v) is 7.24. The van der Waals surface area contributed by atoms with Crippen molar-refractivity contribution < 1.29 is 4.79 Å². The molecule has 0 aromatic heterocycles. The Morgan fingerprint density at radius 1 is 0.750 bits per heavy atom. The van der Waals surface area contributed by atoms with Gasteiger partial charge in [-0.3, -0.25) is 4.79 Å². The molecule has 3 aromatic rings. The predicted octanol–water partition coefficient (Wildman–Crippen LogP) is 5.91. The molecule has 1 aliphatic rings. The molecule has 24 heavy (non-hydrogen) atoms. The topological polar surface area (TPSA) is 17.1 Å². The molecule has 3 aromatic carbocycles. The van der Waals surface area contributed by atoms with E-state index in [0.29, 0.717) is 5.78 Å². The molecular weight excluding hydrogens is 292 g/mol. The summed E-state index contributed by atoms with van der Waals surface area (Å²) in [5.74, 6) is 0.415. The summed E-state index contributed by atoms with van der Waals surface area (Å²) in [5.41, 5.74) is 4.00. The van der Waals surface area contributed by atoms with Gasteiger partial charge in [-0.2, -0.15) is 0 Å². The molecule has 0 unspecified atom stereocenters. The molecule has 0 aliphatic heterocycles. The first kappa shape index (κ1) is 15.1. The highest BCUT2D eigenvalue weighted by Gasteiger charge is 2.31. The summed E-state index contributed by atoms with van der Waals surface area (Å²) in [6.45, 7) is 2.30. The smallest absolute Gasteiger partial charge is 0.132 e. The highest BCUT2D eigenvalue weighted by Crippen LogP contribution is 2.39. The Morgan fingerprint density at radius 3 is 2.25 bits per heavy atom. The van der Waals surface area contributed by atoms with Crippen LogP contribution >= 0.6 is 0 Å². The Bertz CT molecular complexity index is 897. The molecule has 1 fully saturated rings. The minimum Gasteiger partial charge on any atom is -0.300 e. The van der Waals surface area contributed by atoms with Crippen molar-refractivity contribution in [1.29, 1.82) is 0 Å². The Balaban J connectivity index is 1.72. The molecule has 0 saturated heterocycles. The van der Waals surface area contributed by atoms with Crippen molar-refractivity contribution in [3.05, 3.63) is 72.3 Å². The van der Waals surface area contributed by atoms with E-state index in [9.17, 15) is 4.79 Å². The number of benzene rings is 3. The van der Waals surface area contributed by atoms with Crippen LogP contribution in [0.4, 0.5) is 0 Å². The highest BCUT2D eigenvalue weighted by atomic mass is 16.1. The molecule has 0 radical (unpaired) electrons. The minimum atomic E-state index is 0.126. The third-order valence-electron chi connectivity index (χ3n) is 5.55. The maximum Gasteiger partial charge on any atom is 0.132 e. The van der Waals surface area contributed by atoms with Gasteiger partial charge >= 0.3 is 0 Å². The van der Waals surface area contributed by atoms with Crippen molar-refractivity contribution in [2.45, 2.75) is 38.0 Å². The van der Waals surface area contributed by atoms with Gasteiger partial charge in [-0.05, 0) is 51.8 Å². The van der Waals surface area contributed by atoms with Crippen molar-refractivity contribution >= 4 is 16.6 Å². The van der Waals surface area contributed by atoms with Gasteiger partial charge in [0.1, 0.15) is 5.78 Å². The van der Waals surface area contributed by atoms with E-state index >= 15 is 0 Å². The fourth-order valence-corrected chi connectivity index (χ4v) is 3.81. The number of carbonyl (C=O) groups is 1. The van der Waals surface area contributed by atoms with Crippen LogP contribution in [0.2, 0.25) is 0 Å². The zero-order valence-corrected chi connectivity index (χ0v) is 14.1. The van der Waals surface area contributed by atoms with Gasteiger partial charge in [0.05, 0.1) is 0 Å². The molecule has 0 N–H and O–H groups in total. The van der Waals surface area contributed by atoms with Crippen LogP contribution in [0.3, 0.4) is 0 Å². The fraction of sp³-hybridized carbons (Fsp3) is 0.261. The van der Waals surface area contributed by atoms with Crippen LogP contribution in [0.1, 0.15) is 38.2 Å². The summed E-state index contributed by atoms with van der Waals surface area (Å²) < 4.78 is 0. The lowest BCUT2D eigenvalue weighted by Gasteiger charge is -2.33. The van der Waals surface area contributed by atoms with E-state index in [1.807, 2.05) is 0 Å². The Kier molecular flexibility index (Phi) is 3.72. The van der Waals surface area contributed by atoms with Crippen LogP contribution in [-0.4, -0.2) is 5.78 Å². The molecule has 1 heteroatoms. The standard InChI is InChI=1S/C23H22O/c1-23(13-11-22(24)12-14-23)21-8-4-7-19(16-21)20-10-9-17-5-2-3-6-18(17)15-20/h2-10,15-16H,11-14H2,1H3. The lowest BCUT2D eigenvalue weighted by molar-refractivity contribution is -0.121. The summed E-state index contributed by atoms with van der Waals surface area (Å²) in [6.07, 6.45) is 3.37. The lowest BCUT2D eigenvalue weighted by atomic mass is 9.70. The van der Waals surface area contributed by atoms with E-state index in [0.717, 1.165) is 25.7 Å². The predicted molar refractivity (Wildman–Crippen MR) is 100 cm³/mol. The molecule has 0 amide bonds. The van der Waals surface area contributed by atoms with E-state index < -0.39 is 0 Å². The summed E-state index contributed by atoms with van der Waals surface area (Å²) in [5, 5.41) is 2.55. The normalized spacial score (nSPS) is 17.1. The first-order valence-electron chi connectivity index (χ1n) is 8.76. The second-order valence-electron chi connectivity index (χ2n) is 7.24. The van der Waals surface area contributed by atoms with Crippen molar-refractivity contribution in [2.75, 3.05) is 0 Å². The van der Waals surface area contributed by atoms with Crippen molar-refractivity contribution in [3.63, 3.8) is 0 Å². The Morgan fingerprint density at radius 2 is 1.46 bits per heavy atom. The second kappa shape index (κ2) is 5.90. The van der Waals surface area contributed by atoms with E-state index in [4.69, 9.17) is 0 Å². The molecular formula is C23H22O. The van der Waals surface area contributed by atoms with E-state index in [2.05, 4.69) is 73.7 Å². The lowest BCUT2D eigenvalue weighted by Crippen LogP contribution is -2.28. The third kappa shape index (κ3) is 2.75. The monoisotopic (exact) mass is 314 g/mol. The van der Waals surface area contributed by atoms with Crippen LogP contribution in [0.25, 0.3) is 21.9 Å². The zero-order chi connectivity index (χ0) is 16.6. The van der Waals surface area contributed by atoms with E-state index in [1.165, 1.54) is 27.5 Å². The van der Waals surface area contributed by atoms with Crippen LogP contribution < -0.4 is 0 Å². The maximum absolute atomic E-state index is 11.6. The van der Waals surface area contributed by atoms with Gasteiger partial charge < -0.3 is 0 Å². The maximum atomic E-state index is 11.6. The largest absolute Gasteiger partial charge is 0.300 e. The molecule has 1 nitrogen and oxygen atoms in total. The van der Waals surface area contributed by atoms with E-state index in [1.54, 1.807) is 0 Å². The van der Waals surface area contributed by atoms with Gasteiger partial charge in [0.2, 0.25) is 0 Å². The molecule has 0 bridgehead atoms. The van der Waals surface area contributed by atoms with Gasteiger partial charge in [0.15, 0.2) is 0 Å². The molecule has 0 atom stereocenters. The number of rotatable bonds is 2. The van der Waals surface area contributed by atoms with Gasteiger partial charge in [-0.15, -0.1) is 0 Å². The zero-order valence-electron chi connectivity index (χ0n) is 14.1. The number of hydrogen-bond acceptors (Lipinski definition) is 1. The van der Waals surface area contributed by atoms with Gasteiger partial charge in [0, 0.05) is 12.8 Å². The highest BCUT2D eigenvalue weighted by molar-refractivity contribution is 5.87. The first-order chi connectivity index (χ1) is 11.6.